The number of hydrogen-bond donors (Lipinski definition) is 1. The van der Waals surface area contributed by atoms with Gasteiger partial charge in [-0.05, 0) is 31.5 Å². The number of non-ortho nitro benzene ring substituents is 1. The number of nitro benzene ring substituents is 1. The molecular formula is C14H22N2O4. The maximum Gasteiger partial charge on any atom is 0.269 e. The molecule has 20 heavy (non-hydrogen) atoms. The zero-order valence-corrected chi connectivity index (χ0v) is 11.8. The molecule has 0 unspecified atom stereocenters. The van der Waals surface area contributed by atoms with Crippen molar-refractivity contribution in [3.63, 3.8) is 0 Å². The van der Waals surface area contributed by atoms with Crippen LogP contribution in [0.5, 0.6) is 0 Å². The number of nitro groups is 1. The first-order chi connectivity index (χ1) is 9.74. The van der Waals surface area contributed by atoms with E-state index in [0.717, 1.165) is 38.1 Å². The van der Waals surface area contributed by atoms with Gasteiger partial charge in [-0.15, -0.1) is 0 Å². The molecule has 1 aromatic rings. The third kappa shape index (κ3) is 7.18. The molecule has 0 heterocycles. The summed E-state index contributed by atoms with van der Waals surface area (Å²) in [5, 5.41) is 13.8. The summed E-state index contributed by atoms with van der Waals surface area (Å²) in [7, 11) is 1.66. The summed E-state index contributed by atoms with van der Waals surface area (Å²) in [6.07, 6.45) is 1.83. The Hall–Kier alpha value is -1.50. The molecule has 6 nitrogen and oxygen atoms in total. The van der Waals surface area contributed by atoms with E-state index in [1.807, 2.05) is 0 Å². The maximum absolute atomic E-state index is 10.5. The van der Waals surface area contributed by atoms with Gasteiger partial charge in [-0.2, -0.15) is 0 Å². The van der Waals surface area contributed by atoms with Crippen LogP contribution in [-0.2, 0) is 15.9 Å². The molecule has 6 heteroatoms. The summed E-state index contributed by atoms with van der Waals surface area (Å²) < 4.78 is 10.2. The Balaban J connectivity index is 2.02. The van der Waals surface area contributed by atoms with Gasteiger partial charge >= 0.3 is 0 Å². The molecule has 0 saturated carbocycles. The molecule has 0 spiro atoms. The first-order valence-corrected chi connectivity index (χ1v) is 6.75. The molecule has 112 valence electrons. The van der Waals surface area contributed by atoms with E-state index < -0.39 is 0 Å². The van der Waals surface area contributed by atoms with Crippen molar-refractivity contribution in [2.24, 2.45) is 0 Å². The number of ether oxygens (including phenoxy) is 2. The highest BCUT2D eigenvalue weighted by Gasteiger charge is 2.03. The number of nitrogens with zero attached hydrogens (tertiary/aromatic N) is 1. The lowest BCUT2D eigenvalue weighted by molar-refractivity contribution is -0.384. The summed E-state index contributed by atoms with van der Waals surface area (Å²) in [6, 6.07) is 6.68. The molecule has 0 radical (unpaired) electrons. The van der Waals surface area contributed by atoms with Crippen LogP contribution >= 0.6 is 0 Å². The molecule has 0 saturated heterocycles. The first-order valence-electron chi connectivity index (χ1n) is 6.75. The highest BCUT2D eigenvalue weighted by molar-refractivity contribution is 5.32. The molecule has 0 aliphatic rings. The van der Waals surface area contributed by atoms with Crippen molar-refractivity contribution < 1.29 is 14.4 Å². The summed E-state index contributed by atoms with van der Waals surface area (Å²) in [5.41, 5.74) is 1.23. The van der Waals surface area contributed by atoms with Gasteiger partial charge in [0.1, 0.15) is 0 Å². The average molecular weight is 282 g/mol. The Kier molecular flexibility index (Phi) is 8.53. The van der Waals surface area contributed by atoms with E-state index in [1.54, 1.807) is 31.4 Å². The molecule has 1 N–H and O–H groups in total. The highest BCUT2D eigenvalue weighted by atomic mass is 16.6. The summed E-state index contributed by atoms with van der Waals surface area (Å²) in [4.78, 5) is 10.1. The molecular weight excluding hydrogens is 260 g/mol. The normalized spacial score (nSPS) is 10.7. The average Bonchev–Trinajstić information content (AvgIpc) is 2.46. The Morgan fingerprint density at radius 1 is 1.15 bits per heavy atom. The SMILES string of the molecule is COCCOCCCNCCc1ccc([N+](=O)[O-])cc1. The monoisotopic (exact) mass is 282 g/mol. The highest BCUT2D eigenvalue weighted by Crippen LogP contribution is 2.11. The van der Waals surface area contributed by atoms with Crippen LogP contribution in [0.15, 0.2) is 24.3 Å². The smallest absolute Gasteiger partial charge is 0.269 e. The Morgan fingerprint density at radius 3 is 2.55 bits per heavy atom. The van der Waals surface area contributed by atoms with Crippen molar-refractivity contribution in [1.82, 2.24) is 5.32 Å². The minimum atomic E-state index is -0.383. The van der Waals surface area contributed by atoms with Gasteiger partial charge in [0, 0.05) is 25.8 Å². The molecule has 0 atom stereocenters. The van der Waals surface area contributed by atoms with E-state index in [1.165, 1.54) is 0 Å². The van der Waals surface area contributed by atoms with E-state index in [0.29, 0.717) is 13.2 Å². The number of rotatable bonds is 11. The van der Waals surface area contributed by atoms with Gasteiger partial charge in [-0.25, -0.2) is 0 Å². The number of nitrogens with one attached hydrogen (secondary N) is 1. The molecule has 1 rings (SSSR count). The molecule has 0 fully saturated rings. The van der Waals surface area contributed by atoms with Crippen LogP contribution in [-0.4, -0.2) is 44.9 Å². The van der Waals surface area contributed by atoms with Crippen molar-refractivity contribution in [2.75, 3.05) is 40.0 Å². The summed E-state index contributed by atoms with van der Waals surface area (Å²) >= 11 is 0. The van der Waals surface area contributed by atoms with Crippen molar-refractivity contribution in [3.8, 4) is 0 Å². The number of methoxy groups -OCH3 is 1. The van der Waals surface area contributed by atoms with Crippen LogP contribution in [0.3, 0.4) is 0 Å². The predicted molar refractivity (Wildman–Crippen MR) is 77.0 cm³/mol. The Morgan fingerprint density at radius 2 is 1.90 bits per heavy atom. The van der Waals surface area contributed by atoms with Gasteiger partial charge in [0.15, 0.2) is 0 Å². The quantitative estimate of drug-likeness (QED) is 0.380. The van der Waals surface area contributed by atoms with Crippen LogP contribution in [0.2, 0.25) is 0 Å². The molecule has 0 aliphatic carbocycles. The Labute approximate surface area is 119 Å². The van der Waals surface area contributed by atoms with Crippen LogP contribution in [0, 0.1) is 10.1 Å². The standard InChI is InChI=1S/C14H22N2O4/c1-19-11-12-20-10-2-8-15-9-7-13-3-5-14(6-4-13)16(17)18/h3-6,15H,2,7-12H2,1H3. The lowest BCUT2D eigenvalue weighted by Gasteiger charge is -2.06. The van der Waals surface area contributed by atoms with Gasteiger partial charge in [0.05, 0.1) is 18.1 Å². The third-order valence-electron chi connectivity index (χ3n) is 2.81. The van der Waals surface area contributed by atoms with Crippen molar-refractivity contribution in [1.29, 1.82) is 0 Å². The first kappa shape index (κ1) is 16.6. The fraction of sp³-hybridized carbons (Fsp3) is 0.571. The zero-order chi connectivity index (χ0) is 14.6. The lowest BCUT2D eigenvalue weighted by atomic mass is 10.1. The Bertz CT molecular complexity index is 381. The summed E-state index contributed by atoms with van der Waals surface area (Å²) in [5.74, 6) is 0. The fourth-order valence-electron chi connectivity index (χ4n) is 1.69. The molecule has 0 aliphatic heterocycles. The van der Waals surface area contributed by atoms with Gasteiger partial charge in [0.25, 0.3) is 5.69 Å². The fourth-order valence-corrected chi connectivity index (χ4v) is 1.69. The summed E-state index contributed by atoms with van der Waals surface area (Å²) in [6.45, 7) is 3.76. The molecule has 0 amide bonds. The largest absolute Gasteiger partial charge is 0.382 e. The van der Waals surface area contributed by atoms with Crippen molar-refractivity contribution in [3.05, 3.63) is 39.9 Å². The van der Waals surface area contributed by atoms with Gasteiger partial charge in [-0.3, -0.25) is 10.1 Å². The second-order valence-corrected chi connectivity index (χ2v) is 4.38. The number of hydrogen-bond acceptors (Lipinski definition) is 5. The third-order valence-corrected chi connectivity index (χ3v) is 2.81. The maximum atomic E-state index is 10.5. The second kappa shape index (κ2) is 10.3. The van der Waals surface area contributed by atoms with Crippen LogP contribution in [0.25, 0.3) is 0 Å². The minimum absolute atomic E-state index is 0.134. The van der Waals surface area contributed by atoms with E-state index in [9.17, 15) is 10.1 Å². The van der Waals surface area contributed by atoms with Crippen LogP contribution < -0.4 is 5.32 Å². The van der Waals surface area contributed by atoms with Gasteiger partial charge in [-0.1, -0.05) is 12.1 Å². The van der Waals surface area contributed by atoms with Crippen molar-refractivity contribution >= 4 is 5.69 Å². The van der Waals surface area contributed by atoms with E-state index >= 15 is 0 Å². The second-order valence-electron chi connectivity index (χ2n) is 4.38. The number of benzene rings is 1. The van der Waals surface area contributed by atoms with Gasteiger partial charge in [0.2, 0.25) is 0 Å². The van der Waals surface area contributed by atoms with Crippen LogP contribution in [0.1, 0.15) is 12.0 Å². The van der Waals surface area contributed by atoms with Crippen LogP contribution in [0.4, 0.5) is 5.69 Å². The zero-order valence-electron chi connectivity index (χ0n) is 11.8. The van der Waals surface area contributed by atoms with E-state index in [-0.39, 0.29) is 10.6 Å². The molecule has 0 bridgehead atoms. The molecule has 0 aromatic heterocycles. The van der Waals surface area contributed by atoms with E-state index in [4.69, 9.17) is 9.47 Å². The topological polar surface area (TPSA) is 73.6 Å². The minimum Gasteiger partial charge on any atom is -0.382 e. The van der Waals surface area contributed by atoms with Crippen molar-refractivity contribution in [2.45, 2.75) is 12.8 Å². The predicted octanol–water partition coefficient (Wildman–Crippen LogP) is 1.78. The molecule has 1 aromatic carbocycles. The van der Waals surface area contributed by atoms with E-state index in [2.05, 4.69) is 5.32 Å². The lowest BCUT2D eigenvalue weighted by Crippen LogP contribution is -2.20. The van der Waals surface area contributed by atoms with Gasteiger partial charge < -0.3 is 14.8 Å².